The second-order valence-corrected chi connectivity index (χ2v) is 5.69. The zero-order valence-corrected chi connectivity index (χ0v) is 13.7. The second kappa shape index (κ2) is 7.69. The molecule has 1 N–H and O–H groups in total. The third kappa shape index (κ3) is 4.37. The Morgan fingerprint density at radius 3 is 2.33 bits per heavy atom. The molecule has 0 heterocycles. The molecule has 2 aromatic rings. The van der Waals surface area contributed by atoms with Crippen LogP contribution < -0.4 is 10.1 Å². The van der Waals surface area contributed by atoms with Crippen molar-refractivity contribution in [3.63, 3.8) is 0 Å². The molecule has 2 aromatic carbocycles. The Bertz CT molecular complexity index is 584. The smallest absolute Gasteiger partial charge is 0.122 e. The van der Waals surface area contributed by atoms with Crippen LogP contribution in [0.4, 0.5) is 0 Å². The lowest BCUT2D eigenvalue weighted by Gasteiger charge is -2.20. The fourth-order valence-electron chi connectivity index (χ4n) is 2.38. The predicted octanol–water partition coefficient (Wildman–Crippen LogP) is 4.90. The van der Waals surface area contributed by atoms with Crippen LogP contribution in [0, 0.1) is 0 Å². The average Bonchev–Trinajstić information content (AvgIpc) is 2.48. The van der Waals surface area contributed by atoms with Gasteiger partial charge in [0, 0.05) is 16.1 Å². The van der Waals surface area contributed by atoms with Crippen molar-refractivity contribution in [3.05, 3.63) is 63.6 Å². The second-order valence-electron chi connectivity index (χ2n) is 4.82. The SMILES string of the molecule is CCNC(Cc1cc(Cl)ccc1OC)c1ccc(Cl)cc1. The highest BCUT2D eigenvalue weighted by atomic mass is 35.5. The maximum atomic E-state index is 6.11. The third-order valence-electron chi connectivity index (χ3n) is 3.39. The standard InChI is InChI=1S/C17H19Cl2NO/c1-3-20-16(12-4-6-14(18)7-5-12)11-13-10-15(19)8-9-17(13)21-2/h4-10,16,20H,3,11H2,1-2H3. The van der Waals surface area contributed by atoms with E-state index < -0.39 is 0 Å². The predicted molar refractivity (Wildman–Crippen MR) is 89.6 cm³/mol. The van der Waals surface area contributed by atoms with Gasteiger partial charge < -0.3 is 10.1 Å². The fourth-order valence-corrected chi connectivity index (χ4v) is 2.70. The molecular weight excluding hydrogens is 305 g/mol. The molecule has 2 rings (SSSR count). The average molecular weight is 324 g/mol. The number of hydrogen-bond acceptors (Lipinski definition) is 2. The van der Waals surface area contributed by atoms with E-state index in [1.54, 1.807) is 7.11 Å². The molecule has 0 saturated heterocycles. The van der Waals surface area contributed by atoms with Crippen molar-refractivity contribution >= 4 is 23.2 Å². The van der Waals surface area contributed by atoms with Crippen LogP contribution in [-0.4, -0.2) is 13.7 Å². The fraction of sp³-hybridized carbons (Fsp3) is 0.294. The van der Waals surface area contributed by atoms with Crippen LogP contribution in [0.25, 0.3) is 0 Å². The summed E-state index contributed by atoms with van der Waals surface area (Å²) in [6.45, 7) is 2.98. The molecule has 0 saturated carbocycles. The topological polar surface area (TPSA) is 21.3 Å². The lowest BCUT2D eigenvalue weighted by atomic mass is 9.98. The van der Waals surface area contributed by atoms with Crippen molar-refractivity contribution in [3.8, 4) is 5.75 Å². The number of methoxy groups -OCH3 is 1. The van der Waals surface area contributed by atoms with E-state index in [0.29, 0.717) is 0 Å². The van der Waals surface area contributed by atoms with Crippen molar-refractivity contribution in [2.24, 2.45) is 0 Å². The van der Waals surface area contributed by atoms with E-state index in [4.69, 9.17) is 27.9 Å². The maximum Gasteiger partial charge on any atom is 0.122 e. The Kier molecular flexibility index (Phi) is 5.92. The van der Waals surface area contributed by atoms with E-state index in [1.165, 1.54) is 5.56 Å². The zero-order chi connectivity index (χ0) is 15.2. The first-order valence-electron chi connectivity index (χ1n) is 6.95. The summed E-state index contributed by atoms with van der Waals surface area (Å²) < 4.78 is 5.43. The summed E-state index contributed by atoms with van der Waals surface area (Å²) in [7, 11) is 1.68. The van der Waals surface area contributed by atoms with Crippen molar-refractivity contribution in [2.75, 3.05) is 13.7 Å². The number of ether oxygens (including phenoxy) is 1. The molecule has 0 fully saturated rings. The molecule has 0 radical (unpaired) electrons. The first-order chi connectivity index (χ1) is 10.1. The van der Waals surface area contributed by atoms with Gasteiger partial charge >= 0.3 is 0 Å². The molecule has 0 spiro atoms. The first kappa shape index (κ1) is 16.2. The van der Waals surface area contributed by atoms with Gasteiger partial charge in [-0.1, -0.05) is 42.3 Å². The Morgan fingerprint density at radius 1 is 1.05 bits per heavy atom. The molecule has 4 heteroatoms. The van der Waals surface area contributed by atoms with E-state index in [0.717, 1.165) is 34.3 Å². The van der Waals surface area contributed by atoms with Gasteiger partial charge in [-0.25, -0.2) is 0 Å². The molecule has 2 nitrogen and oxygen atoms in total. The summed E-state index contributed by atoms with van der Waals surface area (Å²) in [6, 6.07) is 13.8. The molecule has 1 atom stereocenters. The van der Waals surface area contributed by atoms with Crippen LogP contribution >= 0.6 is 23.2 Å². The van der Waals surface area contributed by atoms with E-state index >= 15 is 0 Å². The van der Waals surface area contributed by atoms with Gasteiger partial charge in [0.05, 0.1) is 7.11 Å². The molecule has 1 unspecified atom stereocenters. The van der Waals surface area contributed by atoms with E-state index in [2.05, 4.69) is 12.2 Å². The highest BCUT2D eigenvalue weighted by molar-refractivity contribution is 6.30. The maximum absolute atomic E-state index is 6.11. The number of nitrogens with one attached hydrogen (secondary N) is 1. The van der Waals surface area contributed by atoms with Gasteiger partial charge in [0.25, 0.3) is 0 Å². The molecule has 0 amide bonds. The molecule has 0 aliphatic heterocycles. The van der Waals surface area contributed by atoms with Crippen LogP contribution in [0.3, 0.4) is 0 Å². The van der Waals surface area contributed by atoms with Gasteiger partial charge in [-0.05, 0) is 54.4 Å². The summed E-state index contributed by atoms with van der Waals surface area (Å²) in [4.78, 5) is 0. The number of benzene rings is 2. The van der Waals surface area contributed by atoms with E-state index in [-0.39, 0.29) is 6.04 Å². The molecule has 0 aliphatic carbocycles. The Morgan fingerprint density at radius 2 is 1.71 bits per heavy atom. The lowest BCUT2D eigenvalue weighted by Crippen LogP contribution is -2.23. The molecule has 0 aliphatic rings. The lowest BCUT2D eigenvalue weighted by molar-refractivity contribution is 0.405. The number of rotatable bonds is 6. The van der Waals surface area contributed by atoms with Gasteiger partial charge in [-0.3, -0.25) is 0 Å². The minimum Gasteiger partial charge on any atom is -0.496 e. The zero-order valence-electron chi connectivity index (χ0n) is 12.2. The molecule has 0 aromatic heterocycles. The first-order valence-corrected chi connectivity index (χ1v) is 7.71. The summed E-state index contributed by atoms with van der Waals surface area (Å²) >= 11 is 12.1. The summed E-state index contributed by atoms with van der Waals surface area (Å²) in [5.41, 5.74) is 2.29. The van der Waals surface area contributed by atoms with Gasteiger partial charge in [-0.15, -0.1) is 0 Å². The van der Waals surface area contributed by atoms with Crippen LogP contribution in [-0.2, 0) is 6.42 Å². The molecule has 112 valence electrons. The Hall–Kier alpha value is -1.22. The van der Waals surface area contributed by atoms with Crippen LogP contribution in [0.5, 0.6) is 5.75 Å². The van der Waals surface area contributed by atoms with Crippen LogP contribution in [0.2, 0.25) is 10.0 Å². The van der Waals surface area contributed by atoms with Crippen molar-refractivity contribution in [1.82, 2.24) is 5.32 Å². The number of hydrogen-bond donors (Lipinski definition) is 1. The quantitative estimate of drug-likeness (QED) is 0.816. The Labute approximate surface area is 136 Å². The van der Waals surface area contributed by atoms with Gasteiger partial charge in [0.1, 0.15) is 5.75 Å². The van der Waals surface area contributed by atoms with Crippen LogP contribution in [0.15, 0.2) is 42.5 Å². The normalized spacial score (nSPS) is 12.2. The third-order valence-corrected chi connectivity index (χ3v) is 3.88. The van der Waals surface area contributed by atoms with E-state index in [1.807, 2.05) is 42.5 Å². The molecular formula is C17H19Cl2NO. The largest absolute Gasteiger partial charge is 0.496 e. The van der Waals surface area contributed by atoms with Crippen molar-refractivity contribution in [1.29, 1.82) is 0 Å². The summed E-state index contributed by atoms with van der Waals surface area (Å²) in [6.07, 6.45) is 0.805. The summed E-state index contributed by atoms with van der Waals surface area (Å²) in [5, 5.41) is 4.96. The van der Waals surface area contributed by atoms with Gasteiger partial charge in [-0.2, -0.15) is 0 Å². The monoisotopic (exact) mass is 323 g/mol. The highest BCUT2D eigenvalue weighted by Gasteiger charge is 2.14. The molecule has 21 heavy (non-hydrogen) atoms. The Balaban J connectivity index is 2.27. The van der Waals surface area contributed by atoms with Crippen LogP contribution in [0.1, 0.15) is 24.1 Å². The van der Waals surface area contributed by atoms with Crippen molar-refractivity contribution in [2.45, 2.75) is 19.4 Å². The van der Waals surface area contributed by atoms with Gasteiger partial charge in [0.15, 0.2) is 0 Å². The van der Waals surface area contributed by atoms with E-state index in [9.17, 15) is 0 Å². The minimum absolute atomic E-state index is 0.194. The van der Waals surface area contributed by atoms with Gasteiger partial charge in [0.2, 0.25) is 0 Å². The van der Waals surface area contributed by atoms with Crippen molar-refractivity contribution < 1.29 is 4.74 Å². The molecule has 0 bridgehead atoms. The number of halogens is 2. The highest BCUT2D eigenvalue weighted by Crippen LogP contribution is 2.28. The summed E-state index contributed by atoms with van der Waals surface area (Å²) in [5.74, 6) is 0.858. The number of likely N-dealkylation sites (N-methyl/N-ethyl adjacent to an activating group) is 1. The minimum atomic E-state index is 0.194.